The van der Waals surface area contributed by atoms with Crippen LogP contribution < -0.4 is 10.2 Å². The number of aromatic nitrogens is 2. The Morgan fingerprint density at radius 3 is 2.36 bits per heavy atom. The van der Waals surface area contributed by atoms with Gasteiger partial charge in [0.25, 0.3) is 5.91 Å². The van der Waals surface area contributed by atoms with Gasteiger partial charge in [-0.25, -0.2) is 9.97 Å². The summed E-state index contributed by atoms with van der Waals surface area (Å²) in [6.45, 7) is 2.73. The standard InChI is InChI=1S/C20H20N4O/c1-15-8-10-17(11-9-15)23-20(25)18-12-22-19(13-21-18)24(2)14-16-6-4-3-5-7-16/h3-13H,14H2,1-2H3,(H,23,25). The number of hydrogen-bond acceptors (Lipinski definition) is 4. The Labute approximate surface area is 147 Å². The second kappa shape index (κ2) is 7.57. The summed E-state index contributed by atoms with van der Waals surface area (Å²) in [6, 6.07) is 17.8. The lowest BCUT2D eigenvalue weighted by Crippen LogP contribution is -2.19. The Bertz CT molecular complexity index is 830. The molecule has 1 amide bonds. The molecule has 0 aliphatic carbocycles. The molecule has 0 saturated carbocycles. The lowest BCUT2D eigenvalue weighted by molar-refractivity contribution is 0.102. The van der Waals surface area contributed by atoms with Crippen LogP contribution in [-0.4, -0.2) is 22.9 Å². The van der Waals surface area contributed by atoms with Crippen molar-refractivity contribution in [2.45, 2.75) is 13.5 Å². The van der Waals surface area contributed by atoms with Crippen molar-refractivity contribution in [3.8, 4) is 0 Å². The van der Waals surface area contributed by atoms with Crippen molar-refractivity contribution in [3.05, 3.63) is 83.8 Å². The van der Waals surface area contributed by atoms with E-state index in [1.807, 2.05) is 61.3 Å². The minimum Gasteiger partial charge on any atom is -0.354 e. The summed E-state index contributed by atoms with van der Waals surface area (Å²) in [5.74, 6) is 0.448. The first-order valence-corrected chi connectivity index (χ1v) is 8.07. The largest absolute Gasteiger partial charge is 0.354 e. The molecule has 5 nitrogen and oxygen atoms in total. The van der Waals surface area contributed by atoms with Crippen molar-refractivity contribution in [1.29, 1.82) is 0 Å². The van der Waals surface area contributed by atoms with E-state index in [1.54, 1.807) is 6.20 Å². The van der Waals surface area contributed by atoms with Crippen LogP contribution in [0.25, 0.3) is 0 Å². The summed E-state index contributed by atoms with van der Waals surface area (Å²) < 4.78 is 0. The fraction of sp³-hybridized carbons (Fsp3) is 0.150. The van der Waals surface area contributed by atoms with Gasteiger partial charge >= 0.3 is 0 Å². The molecule has 126 valence electrons. The third-order valence-corrected chi connectivity index (χ3v) is 3.83. The van der Waals surface area contributed by atoms with Gasteiger partial charge in [0.2, 0.25) is 0 Å². The molecule has 0 saturated heterocycles. The lowest BCUT2D eigenvalue weighted by atomic mass is 10.2. The van der Waals surface area contributed by atoms with E-state index in [0.29, 0.717) is 0 Å². The minimum atomic E-state index is -0.270. The molecule has 0 unspecified atom stereocenters. The third-order valence-electron chi connectivity index (χ3n) is 3.83. The maximum absolute atomic E-state index is 12.2. The second-order valence-electron chi connectivity index (χ2n) is 5.92. The highest BCUT2D eigenvalue weighted by Crippen LogP contribution is 2.13. The zero-order valence-electron chi connectivity index (χ0n) is 14.3. The zero-order valence-corrected chi connectivity index (χ0v) is 14.3. The third kappa shape index (κ3) is 4.41. The van der Waals surface area contributed by atoms with Crippen LogP contribution in [0, 0.1) is 6.92 Å². The number of rotatable bonds is 5. The number of carbonyl (C=O) groups is 1. The molecule has 0 aliphatic rings. The first-order valence-electron chi connectivity index (χ1n) is 8.07. The van der Waals surface area contributed by atoms with Crippen LogP contribution in [0.1, 0.15) is 21.6 Å². The van der Waals surface area contributed by atoms with E-state index in [2.05, 4.69) is 27.4 Å². The molecule has 0 radical (unpaired) electrons. The van der Waals surface area contributed by atoms with Crippen molar-refractivity contribution in [2.24, 2.45) is 0 Å². The van der Waals surface area contributed by atoms with Crippen molar-refractivity contribution in [3.63, 3.8) is 0 Å². The summed E-state index contributed by atoms with van der Waals surface area (Å²) in [7, 11) is 1.95. The van der Waals surface area contributed by atoms with Crippen LogP contribution in [0.2, 0.25) is 0 Å². The van der Waals surface area contributed by atoms with E-state index in [4.69, 9.17) is 0 Å². The number of aryl methyl sites for hydroxylation is 1. The van der Waals surface area contributed by atoms with Gasteiger partial charge in [-0.2, -0.15) is 0 Å². The van der Waals surface area contributed by atoms with Crippen LogP contribution in [0.4, 0.5) is 11.5 Å². The van der Waals surface area contributed by atoms with Crippen LogP contribution in [0.5, 0.6) is 0 Å². The number of amides is 1. The van der Waals surface area contributed by atoms with E-state index in [0.717, 1.165) is 23.6 Å². The molecule has 3 aromatic rings. The normalized spacial score (nSPS) is 10.3. The molecule has 3 rings (SSSR count). The monoisotopic (exact) mass is 332 g/mol. The van der Waals surface area contributed by atoms with Crippen LogP contribution >= 0.6 is 0 Å². The van der Waals surface area contributed by atoms with Crippen molar-refractivity contribution in [1.82, 2.24) is 9.97 Å². The highest BCUT2D eigenvalue weighted by Gasteiger charge is 2.10. The van der Waals surface area contributed by atoms with Gasteiger partial charge < -0.3 is 10.2 Å². The van der Waals surface area contributed by atoms with Gasteiger partial charge in [-0.15, -0.1) is 0 Å². The predicted octanol–water partition coefficient (Wildman–Crippen LogP) is 3.67. The molecule has 25 heavy (non-hydrogen) atoms. The molecule has 1 heterocycles. The molecule has 1 N–H and O–H groups in total. The van der Waals surface area contributed by atoms with Gasteiger partial charge in [0.1, 0.15) is 11.5 Å². The highest BCUT2D eigenvalue weighted by molar-refractivity contribution is 6.02. The topological polar surface area (TPSA) is 58.1 Å². The molecule has 0 bridgehead atoms. The van der Waals surface area contributed by atoms with E-state index in [9.17, 15) is 4.79 Å². The average Bonchev–Trinajstić information content (AvgIpc) is 2.64. The Morgan fingerprint density at radius 2 is 1.72 bits per heavy atom. The smallest absolute Gasteiger partial charge is 0.275 e. The minimum absolute atomic E-state index is 0.270. The number of carbonyl (C=O) groups excluding carboxylic acids is 1. The quantitative estimate of drug-likeness (QED) is 0.774. The molecular formula is C20H20N4O. The predicted molar refractivity (Wildman–Crippen MR) is 99.7 cm³/mol. The van der Waals surface area contributed by atoms with Crippen LogP contribution in [-0.2, 0) is 6.54 Å². The number of benzene rings is 2. The molecule has 0 spiro atoms. The van der Waals surface area contributed by atoms with Gasteiger partial charge in [-0.05, 0) is 24.6 Å². The van der Waals surface area contributed by atoms with Gasteiger partial charge in [-0.1, -0.05) is 48.0 Å². The highest BCUT2D eigenvalue weighted by atomic mass is 16.1. The summed E-state index contributed by atoms with van der Waals surface area (Å²) in [5.41, 5.74) is 3.36. The Morgan fingerprint density at radius 1 is 1.00 bits per heavy atom. The molecule has 1 aromatic heterocycles. The SMILES string of the molecule is Cc1ccc(NC(=O)c2cnc(N(C)Cc3ccccc3)cn2)cc1. The first kappa shape index (κ1) is 16.6. The summed E-state index contributed by atoms with van der Waals surface area (Å²) in [5, 5.41) is 2.82. The number of hydrogen-bond donors (Lipinski definition) is 1. The molecule has 5 heteroatoms. The molecule has 0 atom stereocenters. The molecule has 0 aliphatic heterocycles. The Hall–Kier alpha value is -3.21. The molecule has 0 fully saturated rings. The number of nitrogens with zero attached hydrogens (tertiary/aromatic N) is 3. The fourth-order valence-electron chi connectivity index (χ4n) is 2.41. The van der Waals surface area contributed by atoms with Gasteiger partial charge in [0, 0.05) is 19.3 Å². The molecular weight excluding hydrogens is 312 g/mol. The zero-order chi connectivity index (χ0) is 17.6. The van der Waals surface area contributed by atoms with E-state index in [-0.39, 0.29) is 11.6 Å². The van der Waals surface area contributed by atoms with Gasteiger partial charge in [0.05, 0.1) is 12.4 Å². The van der Waals surface area contributed by atoms with Gasteiger partial charge in [-0.3, -0.25) is 4.79 Å². The average molecular weight is 332 g/mol. The maximum atomic E-state index is 12.2. The van der Waals surface area contributed by atoms with E-state index in [1.165, 1.54) is 11.8 Å². The van der Waals surface area contributed by atoms with E-state index < -0.39 is 0 Å². The van der Waals surface area contributed by atoms with Crippen LogP contribution in [0.3, 0.4) is 0 Å². The number of anilines is 2. The maximum Gasteiger partial charge on any atom is 0.275 e. The summed E-state index contributed by atoms with van der Waals surface area (Å²) in [6.07, 6.45) is 3.12. The summed E-state index contributed by atoms with van der Waals surface area (Å²) >= 11 is 0. The second-order valence-corrected chi connectivity index (χ2v) is 5.92. The van der Waals surface area contributed by atoms with Gasteiger partial charge in [0.15, 0.2) is 0 Å². The lowest BCUT2D eigenvalue weighted by Gasteiger charge is -2.17. The first-order chi connectivity index (χ1) is 12.1. The van der Waals surface area contributed by atoms with Crippen molar-refractivity contribution < 1.29 is 4.79 Å². The Kier molecular flexibility index (Phi) is 5.04. The van der Waals surface area contributed by atoms with Crippen molar-refractivity contribution >= 4 is 17.4 Å². The van der Waals surface area contributed by atoms with Crippen LogP contribution in [0.15, 0.2) is 67.0 Å². The summed E-state index contributed by atoms with van der Waals surface area (Å²) in [4.78, 5) is 22.8. The Balaban J connectivity index is 1.65. The number of nitrogens with one attached hydrogen (secondary N) is 1. The van der Waals surface area contributed by atoms with E-state index >= 15 is 0 Å². The fourth-order valence-corrected chi connectivity index (χ4v) is 2.41. The molecule has 2 aromatic carbocycles. The van der Waals surface area contributed by atoms with Crippen molar-refractivity contribution in [2.75, 3.05) is 17.3 Å².